The van der Waals surface area contributed by atoms with Crippen LogP contribution in [0.25, 0.3) is 0 Å². The van der Waals surface area contributed by atoms with Crippen LogP contribution < -0.4 is 10.1 Å². The molecule has 2 N–H and O–H groups in total. The Balaban J connectivity index is 2.77. The molecule has 0 fully saturated rings. The van der Waals surface area contributed by atoms with E-state index in [2.05, 4.69) is 10.3 Å². The number of carbonyl (C=O) groups is 1. The van der Waals surface area contributed by atoms with Crippen molar-refractivity contribution in [1.29, 1.82) is 0 Å². The van der Waals surface area contributed by atoms with Gasteiger partial charge in [-0.25, -0.2) is 9.78 Å². The molecule has 1 unspecified atom stereocenters. The molecule has 1 aromatic heterocycles. The van der Waals surface area contributed by atoms with Crippen LogP contribution >= 0.6 is 11.6 Å². The van der Waals surface area contributed by atoms with Crippen molar-refractivity contribution in [2.24, 2.45) is 5.92 Å². The Morgan fingerprint density at radius 1 is 1.60 bits per heavy atom. The average Bonchev–Trinajstić information content (AvgIpc) is 2.25. The number of halogens is 1. The molecule has 1 amide bonds. The summed E-state index contributed by atoms with van der Waals surface area (Å²) in [6.07, 6.45) is 1.18. The number of aryl methyl sites for hydroxylation is 1. The predicted octanol–water partition coefficient (Wildman–Crippen LogP) is 3.49. The van der Waals surface area contributed by atoms with Crippen LogP contribution in [0.2, 0.25) is 5.15 Å². The van der Waals surface area contributed by atoms with E-state index in [1.54, 1.807) is 12.3 Å². The molecule has 0 bridgehead atoms. The minimum absolute atomic E-state index is 0.238. The van der Waals surface area contributed by atoms with E-state index in [0.29, 0.717) is 23.2 Å². The van der Waals surface area contributed by atoms with E-state index in [4.69, 9.17) is 21.4 Å². The van der Waals surface area contributed by atoms with Crippen LogP contribution in [0.4, 0.5) is 4.79 Å². The molecule has 112 valence electrons. The summed E-state index contributed by atoms with van der Waals surface area (Å²) in [5.74, 6) is 0.955. The molecule has 0 aliphatic rings. The molecule has 1 aromatic rings. The summed E-state index contributed by atoms with van der Waals surface area (Å²) >= 11 is 5.79. The topological polar surface area (TPSA) is 71.5 Å². The maximum absolute atomic E-state index is 10.9. The summed E-state index contributed by atoms with van der Waals surface area (Å²) in [7, 11) is 0. The number of rotatable bonds is 6. The second kappa shape index (κ2) is 6.79. The molecule has 0 saturated heterocycles. The number of aromatic nitrogens is 1. The van der Waals surface area contributed by atoms with Gasteiger partial charge in [0.2, 0.25) is 0 Å². The Bertz CT molecular complexity index is 479. The Kier molecular flexibility index (Phi) is 5.62. The highest BCUT2D eigenvalue weighted by molar-refractivity contribution is 6.29. The van der Waals surface area contributed by atoms with Crippen molar-refractivity contribution in [2.45, 2.75) is 39.7 Å². The number of hydrogen-bond acceptors (Lipinski definition) is 3. The van der Waals surface area contributed by atoms with Crippen molar-refractivity contribution in [3.05, 3.63) is 23.0 Å². The van der Waals surface area contributed by atoms with Gasteiger partial charge in [0.05, 0.1) is 11.7 Å². The molecule has 1 atom stereocenters. The van der Waals surface area contributed by atoms with Crippen molar-refractivity contribution >= 4 is 17.7 Å². The maximum atomic E-state index is 10.9. The summed E-state index contributed by atoms with van der Waals surface area (Å²) < 4.78 is 5.71. The van der Waals surface area contributed by atoms with Crippen molar-refractivity contribution in [1.82, 2.24) is 10.3 Å². The van der Waals surface area contributed by atoms with Crippen molar-refractivity contribution < 1.29 is 14.6 Å². The first-order valence-corrected chi connectivity index (χ1v) is 6.86. The van der Waals surface area contributed by atoms with E-state index < -0.39 is 11.6 Å². The largest absolute Gasteiger partial charge is 0.489 e. The van der Waals surface area contributed by atoms with Crippen LogP contribution in [0, 0.1) is 12.8 Å². The standard InChI is InChI=1S/C14H21ClN2O3/c1-9(2)6-14(4,17-13(18)19)8-20-11-7-16-12(15)5-10(11)3/h5,7,9,17H,6,8H2,1-4H3,(H,18,19). The van der Waals surface area contributed by atoms with Gasteiger partial charge >= 0.3 is 6.09 Å². The van der Waals surface area contributed by atoms with Gasteiger partial charge in [0.1, 0.15) is 17.5 Å². The van der Waals surface area contributed by atoms with Crippen LogP contribution in [-0.2, 0) is 0 Å². The second-order valence-electron chi connectivity index (χ2n) is 5.65. The van der Waals surface area contributed by atoms with Gasteiger partial charge in [-0.1, -0.05) is 25.4 Å². The highest BCUT2D eigenvalue weighted by atomic mass is 35.5. The number of nitrogens with zero attached hydrogens (tertiary/aromatic N) is 1. The summed E-state index contributed by atoms with van der Waals surface area (Å²) in [6, 6.07) is 1.71. The molecule has 0 aliphatic heterocycles. The van der Waals surface area contributed by atoms with E-state index in [1.165, 1.54) is 0 Å². The summed E-state index contributed by atoms with van der Waals surface area (Å²) in [6.45, 7) is 8.02. The van der Waals surface area contributed by atoms with Crippen LogP contribution in [0.15, 0.2) is 12.3 Å². The zero-order chi connectivity index (χ0) is 15.3. The van der Waals surface area contributed by atoms with E-state index in [1.807, 2.05) is 27.7 Å². The zero-order valence-corrected chi connectivity index (χ0v) is 13.0. The lowest BCUT2D eigenvalue weighted by Gasteiger charge is -2.31. The molecule has 1 heterocycles. The molecule has 0 aliphatic carbocycles. The molecule has 20 heavy (non-hydrogen) atoms. The van der Waals surface area contributed by atoms with Crippen LogP contribution in [0.1, 0.15) is 32.8 Å². The van der Waals surface area contributed by atoms with E-state index in [0.717, 1.165) is 5.56 Å². The van der Waals surface area contributed by atoms with Crippen molar-refractivity contribution in [2.75, 3.05) is 6.61 Å². The molecule has 5 nitrogen and oxygen atoms in total. The van der Waals surface area contributed by atoms with Gasteiger partial charge in [0.15, 0.2) is 0 Å². The van der Waals surface area contributed by atoms with Crippen LogP contribution in [-0.4, -0.2) is 28.3 Å². The number of amides is 1. The molecular weight excluding hydrogens is 280 g/mol. The Morgan fingerprint density at radius 2 is 2.25 bits per heavy atom. The normalized spacial score (nSPS) is 13.9. The van der Waals surface area contributed by atoms with E-state index >= 15 is 0 Å². The quantitative estimate of drug-likeness (QED) is 0.789. The lowest BCUT2D eigenvalue weighted by atomic mass is 9.91. The van der Waals surface area contributed by atoms with Gasteiger partial charge in [-0.15, -0.1) is 0 Å². The fraction of sp³-hybridized carbons (Fsp3) is 0.571. The van der Waals surface area contributed by atoms with Crippen LogP contribution in [0.3, 0.4) is 0 Å². The molecule has 0 aromatic carbocycles. The first-order chi connectivity index (χ1) is 9.22. The summed E-state index contributed by atoms with van der Waals surface area (Å²) in [5.41, 5.74) is 0.221. The molecule has 1 rings (SSSR count). The molecule has 0 saturated carbocycles. The molecular formula is C14H21ClN2O3. The third-order valence-corrected chi connectivity index (χ3v) is 3.05. The third kappa shape index (κ3) is 5.25. The van der Waals surface area contributed by atoms with E-state index in [-0.39, 0.29) is 6.61 Å². The van der Waals surface area contributed by atoms with Gasteiger partial charge < -0.3 is 15.2 Å². The van der Waals surface area contributed by atoms with E-state index in [9.17, 15) is 4.79 Å². The average molecular weight is 301 g/mol. The highest BCUT2D eigenvalue weighted by Gasteiger charge is 2.28. The molecule has 0 radical (unpaired) electrons. The minimum atomic E-state index is -1.05. The maximum Gasteiger partial charge on any atom is 0.405 e. The fourth-order valence-corrected chi connectivity index (χ4v) is 2.42. The van der Waals surface area contributed by atoms with Gasteiger partial charge in [-0.2, -0.15) is 0 Å². The van der Waals surface area contributed by atoms with Gasteiger partial charge in [-0.3, -0.25) is 0 Å². The highest BCUT2D eigenvalue weighted by Crippen LogP contribution is 2.23. The summed E-state index contributed by atoms with van der Waals surface area (Å²) in [5, 5.41) is 11.9. The second-order valence-corrected chi connectivity index (χ2v) is 6.04. The van der Waals surface area contributed by atoms with Gasteiger partial charge in [-0.05, 0) is 37.8 Å². The fourth-order valence-electron chi connectivity index (χ4n) is 2.20. The number of hydrogen-bond donors (Lipinski definition) is 2. The van der Waals surface area contributed by atoms with Gasteiger partial charge in [0.25, 0.3) is 0 Å². The lowest BCUT2D eigenvalue weighted by molar-refractivity contribution is 0.142. The number of ether oxygens (including phenoxy) is 1. The SMILES string of the molecule is Cc1cc(Cl)ncc1OCC(C)(CC(C)C)NC(=O)O. The minimum Gasteiger partial charge on any atom is -0.489 e. The zero-order valence-electron chi connectivity index (χ0n) is 12.2. The molecule has 6 heteroatoms. The monoisotopic (exact) mass is 300 g/mol. The third-order valence-electron chi connectivity index (χ3n) is 2.84. The first-order valence-electron chi connectivity index (χ1n) is 6.48. The Labute approximate surface area is 124 Å². The predicted molar refractivity (Wildman–Crippen MR) is 78.5 cm³/mol. The number of nitrogens with one attached hydrogen (secondary N) is 1. The molecule has 0 spiro atoms. The lowest BCUT2D eigenvalue weighted by Crippen LogP contribution is -2.50. The Hall–Kier alpha value is -1.49. The smallest absolute Gasteiger partial charge is 0.405 e. The first kappa shape index (κ1) is 16.6. The van der Waals surface area contributed by atoms with Crippen molar-refractivity contribution in [3.63, 3.8) is 0 Å². The number of pyridine rings is 1. The summed E-state index contributed by atoms with van der Waals surface area (Å²) in [4.78, 5) is 14.9. The van der Waals surface area contributed by atoms with Gasteiger partial charge in [0, 0.05) is 0 Å². The Morgan fingerprint density at radius 3 is 2.75 bits per heavy atom. The van der Waals surface area contributed by atoms with Crippen molar-refractivity contribution in [3.8, 4) is 5.75 Å². The van der Waals surface area contributed by atoms with Crippen LogP contribution in [0.5, 0.6) is 5.75 Å². The number of carboxylic acid groups (broad SMARTS) is 1.